The van der Waals surface area contributed by atoms with E-state index in [0.29, 0.717) is 0 Å². The molecule has 1 aliphatic carbocycles. The van der Waals surface area contributed by atoms with Gasteiger partial charge >= 0.3 is 0 Å². The van der Waals surface area contributed by atoms with E-state index in [1.807, 2.05) is 0 Å². The summed E-state index contributed by atoms with van der Waals surface area (Å²) < 4.78 is 5.53. The van der Waals surface area contributed by atoms with Crippen molar-refractivity contribution in [1.29, 1.82) is 0 Å². The van der Waals surface area contributed by atoms with Crippen LogP contribution in [0.4, 0.5) is 0 Å². The number of hydrogen-bond acceptors (Lipinski definition) is 2. The Bertz CT molecular complexity index is 163. The highest BCUT2D eigenvalue weighted by atomic mass is 28.2. The highest BCUT2D eigenvalue weighted by Gasteiger charge is 2.30. The second-order valence-electron chi connectivity index (χ2n) is 4.91. The van der Waals surface area contributed by atoms with Crippen LogP contribution in [0.5, 0.6) is 0 Å². The third kappa shape index (κ3) is 2.58. The van der Waals surface area contributed by atoms with Crippen molar-refractivity contribution in [2.24, 2.45) is 0 Å². The van der Waals surface area contributed by atoms with E-state index in [0.717, 1.165) is 6.04 Å². The Morgan fingerprint density at radius 3 is 2.57 bits per heavy atom. The molecule has 0 bridgehead atoms. The average Bonchev–Trinajstić information content (AvgIpc) is 2.17. The molecular weight excluding hydrogens is 188 g/mol. The summed E-state index contributed by atoms with van der Waals surface area (Å²) >= 11 is 0. The van der Waals surface area contributed by atoms with Crippen LogP contribution < -0.4 is 0 Å². The predicted molar refractivity (Wildman–Crippen MR) is 63.7 cm³/mol. The van der Waals surface area contributed by atoms with Crippen LogP contribution in [0.2, 0.25) is 0 Å². The average molecular weight is 212 g/mol. The lowest BCUT2D eigenvalue weighted by Crippen LogP contribution is -2.62. The SMILES string of the molecule is CCCCN1CN(C2CCCCC2)[SiH2]1. The summed E-state index contributed by atoms with van der Waals surface area (Å²) in [5.41, 5.74) is 0. The molecule has 1 heterocycles. The number of rotatable bonds is 4. The van der Waals surface area contributed by atoms with E-state index < -0.39 is 0 Å². The fraction of sp³-hybridized carbons (Fsp3) is 1.00. The van der Waals surface area contributed by atoms with Crippen LogP contribution in [-0.2, 0) is 0 Å². The van der Waals surface area contributed by atoms with Gasteiger partial charge in [-0.25, -0.2) is 0 Å². The number of nitrogens with zero attached hydrogens (tertiary/aromatic N) is 2. The van der Waals surface area contributed by atoms with Crippen LogP contribution in [0.1, 0.15) is 51.9 Å². The lowest BCUT2D eigenvalue weighted by Gasteiger charge is -2.48. The minimum atomic E-state index is 0.0344. The zero-order chi connectivity index (χ0) is 9.80. The molecule has 0 aromatic heterocycles. The van der Waals surface area contributed by atoms with Crippen LogP contribution in [0.3, 0.4) is 0 Å². The van der Waals surface area contributed by atoms with E-state index >= 15 is 0 Å². The van der Waals surface area contributed by atoms with Crippen molar-refractivity contribution in [2.75, 3.05) is 13.2 Å². The molecular formula is C11H24N2Si. The maximum atomic E-state index is 2.81. The van der Waals surface area contributed by atoms with Crippen LogP contribution in [-0.4, -0.2) is 38.2 Å². The monoisotopic (exact) mass is 212 g/mol. The molecule has 82 valence electrons. The van der Waals surface area contributed by atoms with E-state index in [-0.39, 0.29) is 9.84 Å². The number of hydrogen-bond donors (Lipinski definition) is 0. The molecule has 2 rings (SSSR count). The molecule has 0 spiro atoms. The molecule has 2 nitrogen and oxygen atoms in total. The highest BCUT2D eigenvalue weighted by molar-refractivity contribution is 6.31. The lowest BCUT2D eigenvalue weighted by atomic mass is 9.96. The molecule has 0 radical (unpaired) electrons. The van der Waals surface area contributed by atoms with E-state index in [2.05, 4.69) is 16.1 Å². The van der Waals surface area contributed by atoms with Crippen LogP contribution in [0.25, 0.3) is 0 Å². The van der Waals surface area contributed by atoms with Gasteiger partial charge in [-0.15, -0.1) is 0 Å². The summed E-state index contributed by atoms with van der Waals surface area (Å²) in [6.07, 6.45) is 10.2. The molecule has 0 N–H and O–H groups in total. The first-order valence-corrected chi connectivity index (χ1v) is 7.63. The van der Waals surface area contributed by atoms with Gasteiger partial charge in [-0.05, 0) is 25.8 Å². The Labute approximate surface area is 90.6 Å². The molecule has 1 aliphatic heterocycles. The maximum Gasteiger partial charge on any atom is 0.175 e. The van der Waals surface area contributed by atoms with Crippen molar-refractivity contribution < 1.29 is 0 Å². The smallest absolute Gasteiger partial charge is 0.175 e. The summed E-state index contributed by atoms with van der Waals surface area (Å²) in [5.74, 6) is 0. The quantitative estimate of drug-likeness (QED) is 0.655. The minimum absolute atomic E-state index is 0.0344. The standard InChI is InChI=1S/C11H24N2Si/c1-2-3-9-12-10-13(14-12)11-7-5-4-6-8-11/h11H,2-10,14H2,1H3. The van der Waals surface area contributed by atoms with Gasteiger partial charge in [0.1, 0.15) is 0 Å². The van der Waals surface area contributed by atoms with Gasteiger partial charge in [0.15, 0.2) is 9.84 Å². The van der Waals surface area contributed by atoms with Gasteiger partial charge in [0.2, 0.25) is 0 Å². The zero-order valence-corrected chi connectivity index (χ0v) is 11.0. The zero-order valence-electron chi connectivity index (χ0n) is 9.54. The van der Waals surface area contributed by atoms with Gasteiger partial charge in [-0.1, -0.05) is 32.6 Å². The molecule has 2 fully saturated rings. The fourth-order valence-corrected chi connectivity index (χ4v) is 4.46. The van der Waals surface area contributed by atoms with Gasteiger partial charge in [-0.3, -0.25) is 0 Å². The van der Waals surface area contributed by atoms with Gasteiger partial charge in [0.25, 0.3) is 0 Å². The molecule has 2 aliphatic rings. The Balaban J connectivity index is 1.61. The summed E-state index contributed by atoms with van der Waals surface area (Å²) in [4.78, 5) is 0. The van der Waals surface area contributed by atoms with E-state index in [1.165, 1.54) is 58.2 Å². The van der Waals surface area contributed by atoms with E-state index in [1.54, 1.807) is 0 Å². The molecule has 0 atom stereocenters. The van der Waals surface area contributed by atoms with Crippen molar-refractivity contribution in [3.63, 3.8) is 0 Å². The van der Waals surface area contributed by atoms with Gasteiger partial charge in [0, 0.05) is 12.7 Å². The van der Waals surface area contributed by atoms with Crippen molar-refractivity contribution >= 4 is 9.84 Å². The van der Waals surface area contributed by atoms with Crippen LogP contribution >= 0.6 is 0 Å². The highest BCUT2D eigenvalue weighted by Crippen LogP contribution is 2.25. The Morgan fingerprint density at radius 1 is 1.21 bits per heavy atom. The van der Waals surface area contributed by atoms with Gasteiger partial charge < -0.3 is 9.13 Å². The first kappa shape index (κ1) is 10.6. The Kier molecular flexibility index (Phi) is 4.02. The Morgan fingerprint density at radius 2 is 1.93 bits per heavy atom. The van der Waals surface area contributed by atoms with Crippen LogP contribution in [0.15, 0.2) is 0 Å². The maximum absolute atomic E-state index is 2.81. The second kappa shape index (κ2) is 5.28. The predicted octanol–water partition coefficient (Wildman–Crippen LogP) is 1.69. The minimum Gasteiger partial charge on any atom is -0.304 e. The molecule has 14 heavy (non-hydrogen) atoms. The molecule has 1 saturated heterocycles. The Hall–Kier alpha value is 0.137. The first-order valence-electron chi connectivity index (χ1n) is 6.36. The topological polar surface area (TPSA) is 6.48 Å². The lowest BCUT2D eigenvalue weighted by molar-refractivity contribution is 0.128. The second-order valence-corrected chi connectivity index (χ2v) is 6.90. The number of unbranched alkanes of at least 4 members (excludes halogenated alkanes) is 1. The van der Waals surface area contributed by atoms with Crippen LogP contribution in [0, 0.1) is 0 Å². The summed E-state index contributed by atoms with van der Waals surface area (Å²) in [6, 6.07) is 0.994. The third-order valence-corrected chi connectivity index (χ3v) is 5.68. The first-order chi connectivity index (χ1) is 6.90. The molecule has 0 unspecified atom stereocenters. The van der Waals surface area contributed by atoms with Crippen molar-refractivity contribution in [3.8, 4) is 0 Å². The van der Waals surface area contributed by atoms with Crippen molar-refractivity contribution in [3.05, 3.63) is 0 Å². The van der Waals surface area contributed by atoms with Gasteiger partial charge in [0.05, 0.1) is 0 Å². The van der Waals surface area contributed by atoms with Gasteiger partial charge in [-0.2, -0.15) is 0 Å². The molecule has 3 heteroatoms. The summed E-state index contributed by atoms with van der Waals surface area (Å²) in [5, 5.41) is 0. The summed E-state index contributed by atoms with van der Waals surface area (Å²) in [6.45, 7) is 4.99. The molecule has 0 aromatic carbocycles. The third-order valence-electron chi connectivity index (χ3n) is 3.68. The van der Waals surface area contributed by atoms with Crippen molar-refractivity contribution in [1.82, 2.24) is 9.13 Å². The van der Waals surface area contributed by atoms with E-state index in [9.17, 15) is 0 Å². The van der Waals surface area contributed by atoms with Crippen molar-refractivity contribution in [2.45, 2.75) is 57.9 Å². The largest absolute Gasteiger partial charge is 0.304 e. The molecule has 1 saturated carbocycles. The van der Waals surface area contributed by atoms with E-state index in [4.69, 9.17) is 0 Å². The normalized spacial score (nSPS) is 28.1. The molecule has 0 amide bonds. The summed E-state index contributed by atoms with van der Waals surface area (Å²) in [7, 11) is 0.0344. The molecule has 0 aromatic rings. The fourth-order valence-electron chi connectivity index (χ4n) is 2.67.